The molecule has 1 aromatic heterocycles. The van der Waals surface area contributed by atoms with Crippen molar-refractivity contribution in [3.8, 4) is 0 Å². The number of aryl methyl sites for hydroxylation is 1. The maximum absolute atomic E-state index is 12.1. The molecule has 0 fully saturated rings. The molecule has 0 aromatic carbocycles. The predicted molar refractivity (Wildman–Crippen MR) is 67.8 cm³/mol. The molecule has 0 saturated heterocycles. The van der Waals surface area contributed by atoms with Gasteiger partial charge in [0.15, 0.2) is 0 Å². The summed E-state index contributed by atoms with van der Waals surface area (Å²) in [4.78, 5) is 12.1. The minimum atomic E-state index is -0.366. The van der Waals surface area contributed by atoms with Gasteiger partial charge in [0, 0.05) is 12.1 Å². The molecule has 0 spiro atoms. The Bertz CT molecular complexity index is 385. The van der Waals surface area contributed by atoms with Gasteiger partial charge in [-0.05, 0) is 32.3 Å². The molecule has 1 rings (SSSR count). The van der Waals surface area contributed by atoms with E-state index in [2.05, 4.69) is 19.2 Å². The number of carbonyl (C=O) groups is 1. The van der Waals surface area contributed by atoms with Gasteiger partial charge in [-0.25, -0.2) is 0 Å². The third-order valence-electron chi connectivity index (χ3n) is 2.83. The van der Waals surface area contributed by atoms with Crippen LogP contribution >= 0.6 is 0 Å². The summed E-state index contributed by atoms with van der Waals surface area (Å²) < 4.78 is 5.12. The van der Waals surface area contributed by atoms with E-state index in [-0.39, 0.29) is 11.4 Å². The summed E-state index contributed by atoms with van der Waals surface area (Å²) in [6, 6.07) is 1.68. The molecule has 0 aliphatic rings. The Hall–Kier alpha value is -1.29. The molecule has 4 nitrogen and oxygen atoms in total. The van der Waals surface area contributed by atoms with Gasteiger partial charge in [0.25, 0.3) is 5.91 Å². The largest absolute Gasteiger partial charge is 0.469 e. The molecule has 4 heteroatoms. The van der Waals surface area contributed by atoms with E-state index < -0.39 is 0 Å². The fourth-order valence-corrected chi connectivity index (χ4v) is 2.05. The summed E-state index contributed by atoms with van der Waals surface area (Å²) >= 11 is 0. The van der Waals surface area contributed by atoms with E-state index in [1.54, 1.807) is 13.0 Å². The van der Waals surface area contributed by atoms with E-state index in [1.807, 2.05) is 6.92 Å². The lowest BCUT2D eigenvalue weighted by Crippen LogP contribution is -2.52. The number of carbonyl (C=O) groups excluding carboxylic acids is 1. The third kappa shape index (κ3) is 3.60. The van der Waals surface area contributed by atoms with E-state index in [9.17, 15) is 4.79 Å². The van der Waals surface area contributed by atoms with Crippen LogP contribution in [-0.4, -0.2) is 18.0 Å². The van der Waals surface area contributed by atoms with Crippen LogP contribution in [0.15, 0.2) is 16.7 Å². The summed E-state index contributed by atoms with van der Waals surface area (Å²) in [5.74, 6) is 0.991. The lowest BCUT2D eigenvalue weighted by molar-refractivity contribution is 0.0896. The highest BCUT2D eigenvalue weighted by Crippen LogP contribution is 2.17. The Morgan fingerprint density at radius 1 is 1.59 bits per heavy atom. The lowest BCUT2D eigenvalue weighted by atomic mass is 9.90. The summed E-state index contributed by atoms with van der Waals surface area (Å²) in [6.07, 6.45) is 2.37. The second-order valence-corrected chi connectivity index (χ2v) is 5.21. The van der Waals surface area contributed by atoms with Crippen LogP contribution in [0.25, 0.3) is 0 Å². The van der Waals surface area contributed by atoms with Crippen molar-refractivity contribution in [3.05, 3.63) is 23.7 Å². The van der Waals surface area contributed by atoms with Gasteiger partial charge in [0.1, 0.15) is 5.76 Å². The van der Waals surface area contributed by atoms with Gasteiger partial charge in [-0.15, -0.1) is 0 Å². The van der Waals surface area contributed by atoms with Crippen LogP contribution in [0, 0.1) is 12.8 Å². The van der Waals surface area contributed by atoms with Gasteiger partial charge in [-0.2, -0.15) is 0 Å². The molecule has 1 heterocycles. The minimum absolute atomic E-state index is 0.121. The van der Waals surface area contributed by atoms with Crippen LogP contribution in [0.4, 0.5) is 0 Å². The fourth-order valence-electron chi connectivity index (χ4n) is 2.05. The van der Waals surface area contributed by atoms with Gasteiger partial charge in [0.2, 0.25) is 0 Å². The van der Waals surface area contributed by atoms with Gasteiger partial charge < -0.3 is 15.5 Å². The predicted octanol–water partition coefficient (Wildman–Crippen LogP) is 2.08. The number of amides is 1. The van der Waals surface area contributed by atoms with Crippen LogP contribution in [0.1, 0.15) is 43.3 Å². The average molecular weight is 238 g/mol. The molecule has 0 saturated carbocycles. The van der Waals surface area contributed by atoms with Gasteiger partial charge in [-0.1, -0.05) is 13.8 Å². The molecule has 1 aromatic rings. The molecular formula is C13H22N2O2. The number of hydrogen-bond acceptors (Lipinski definition) is 3. The van der Waals surface area contributed by atoms with Crippen molar-refractivity contribution in [2.45, 2.75) is 39.7 Å². The standard InChI is InChI=1S/C13H22N2O2/c1-9(2)7-13(4,8-14)15-12(16)11-5-6-17-10(11)3/h5-6,9H,7-8,14H2,1-4H3,(H,15,16). The van der Waals surface area contributed by atoms with E-state index in [0.717, 1.165) is 6.42 Å². The van der Waals surface area contributed by atoms with Gasteiger partial charge >= 0.3 is 0 Å². The summed E-state index contributed by atoms with van der Waals surface area (Å²) in [5, 5.41) is 2.99. The molecule has 1 unspecified atom stereocenters. The third-order valence-corrected chi connectivity index (χ3v) is 2.83. The maximum Gasteiger partial charge on any atom is 0.255 e. The zero-order chi connectivity index (χ0) is 13.1. The van der Waals surface area contributed by atoms with E-state index in [0.29, 0.717) is 23.8 Å². The first-order valence-corrected chi connectivity index (χ1v) is 5.94. The number of rotatable bonds is 5. The van der Waals surface area contributed by atoms with E-state index >= 15 is 0 Å². The van der Waals surface area contributed by atoms with Crippen molar-refractivity contribution in [1.82, 2.24) is 5.32 Å². The molecule has 0 aliphatic carbocycles. The minimum Gasteiger partial charge on any atom is -0.469 e. The first-order chi connectivity index (χ1) is 7.88. The average Bonchev–Trinajstić information content (AvgIpc) is 2.63. The Kier molecular flexibility index (Phi) is 4.34. The van der Waals surface area contributed by atoms with Crippen molar-refractivity contribution < 1.29 is 9.21 Å². The highest BCUT2D eigenvalue weighted by molar-refractivity contribution is 5.95. The normalized spacial score (nSPS) is 14.7. The lowest BCUT2D eigenvalue weighted by Gasteiger charge is -2.31. The first-order valence-electron chi connectivity index (χ1n) is 5.94. The smallest absolute Gasteiger partial charge is 0.255 e. The van der Waals surface area contributed by atoms with Crippen LogP contribution in [0.3, 0.4) is 0 Å². The Labute approximate surface area is 103 Å². The summed E-state index contributed by atoms with van der Waals surface area (Å²) in [5.41, 5.74) is 5.97. The van der Waals surface area contributed by atoms with Gasteiger partial charge in [0.05, 0.1) is 11.8 Å². The topological polar surface area (TPSA) is 68.3 Å². The molecule has 0 radical (unpaired) electrons. The van der Waals surface area contributed by atoms with Crippen molar-refractivity contribution >= 4 is 5.91 Å². The first kappa shape index (κ1) is 13.8. The monoisotopic (exact) mass is 238 g/mol. The molecule has 0 bridgehead atoms. The molecule has 17 heavy (non-hydrogen) atoms. The number of furan rings is 1. The number of nitrogens with one attached hydrogen (secondary N) is 1. The fraction of sp³-hybridized carbons (Fsp3) is 0.615. The van der Waals surface area contributed by atoms with Crippen molar-refractivity contribution in [2.24, 2.45) is 11.7 Å². The molecule has 3 N–H and O–H groups in total. The Morgan fingerprint density at radius 2 is 2.24 bits per heavy atom. The highest BCUT2D eigenvalue weighted by atomic mass is 16.3. The van der Waals surface area contributed by atoms with Gasteiger partial charge in [-0.3, -0.25) is 4.79 Å². The highest BCUT2D eigenvalue weighted by Gasteiger charge is 2.27. The van der Waals surface area contributed by atoms with Crippen LogP contribution in [0.5, 0.6) is 0 Å². The summed E-state index contributed by atoms with van der Waals surface area (Å²) in [6.45, 7) is 8.40. The molecule has 1 amide bonds. The summed E-state index contributed by atoms with van der Waals surface area (Å²) in [7, 11) is 0. The Balaban J connectivity index is 2.75. The van der Waals surface area contributed by atoms with Crippen molar-refractivity contribution in [3.63, 3.8) is 0 Å². The van der Waals surface area contributed by atoms with Crippen molar-refractivity contribution in [2.75, 3.05) is 6.54 Å². The second-order valence-electron chi connectivity index (χ2n) is 5.21. The number of hydrogen-bond donors (Lipinski definition) is 2. The quantitative estimate of drug-likeness (QED) is 0.825. The molecular weight excluding hydrogens is 216 g/mol. The molecule has 0 aliphatic heterocycles. The Morgan fingerprint density at radius 3 is 2.65 bits per heavy atom. The molecule has 96 valence electrons. The maximum atomic E-state index is 12.1. The number of nitrogens with two attached hydrogens (primary N) is 1. The van der Waals surface area contributed by atoms with E-state index in [4.69, 9.17) is 10.2 Å². The second kappa shape index (κ2) is 5.36. The molecule has 1 atom stereocenters. The zero-order valence-electron chi connectivity index (χ0n) is 11.0. The van der Waals surface area contributed by atoms with Crippen molar-refractivity contribution in [1.29, 1.82) is 0 Å². The van der Waals surface area contributed by atoms with Crippen LogP contribution in [-0.2, 0) is 0 Å². The SMILES string of the molecule is Cc1occc1C(=O)NC(C)(CN)CC(C)C. The van der Waals surface area contributed by atoms with Crippen LogP contribution < -0.4 is 11.1 Å². The zero-order valence-corrected chi connectivity index (χ0v) is 11.0. The van der Waals surface area contributed by atoms with Crippen LogP contribution in [0.2, 0.25) is 0 Å². The van der Waals surface area contributed by atoms with E-state index in [1.165, 1.54) is 6.26 Å².